The Morgan fingerprint density at radius 1 is 1.62 bits per heavy atom. The Labute approximate surface area is 98.3 Å². The SMILES string of the molecule is CCCc1nsc(N2CC(CC(=O)O)C2)n1. The zero-order valence-electron chi connectivity index (χ0n) is 9.22. The van der Waals surface area contributed by atoms with Crippen molar-refractivity contribution in [3.8, 4) is 0 Å². The molecule has 0 aromatic carbocycles. The van der Waals surface area contributed by atoms with E-state index in [-0.39, 0.29) is 12.3 Å². The molecule has 16 heavy (non-hydrogen) atoms. The number of carboxylic acid groups (broad SMARTS) is 1. The Hall–Kier alpha value is -1.17. The van der Waals surface area contributed by atoms with Gasteiger partial charge in [0.15, 0.2) is 0 Å². The van der Waals surface area contributed by atoms with Crippen LogP contribution in [0.15, 0.2) is 0 Å². The first-order valence-corrected chi connectivity index (χ1v) is 6.25. The summed E-state index contributed by atoms with van der Waals surface area (Å²) in [5.74, 6) is 0.466. The zero-order chi connectivity index (χ0) is 11.5. The van der Waals surface area contributed by atoms with Gasteiger partial charge in [-0.3, -0.25) is 4.79 Å². The highest BCUT2D eigenvalue weighted by atomic mass is 32.1. The number of anilines is 1. The Morgan fingerprint density at radius 2 is 2.38 bits per heavy atom. The van der Waals surface area contributed by atoms with Crippen molar-refractivity contribution in [1.29, 1.82) is 0 Å². The lowest BCUT2D eigenvalue weighted by Crippen LogP contribution is -2.47. The maximum Gasteiger partial charge on any atom is 0.303 e. The lowest BCUT2D eigenvalue weighted by atomic mass is 9.97. The van der Waals surface area contributed by atoms with Gasteiger partial charge in [0.05, 0.1) is 6.42 Å². The molecule has 1 aromatic heterocycles. The normalized spacial score (nSPS) is 16.2. The van der Waals surface area contributed by atoms with Gasteiger partial charge in [0.2, 0.25) is 5.13 Å². The van der Waals surface area contributed by atoms with Crippen LogP contribution < -0.4 is 4.90 Å². The second kappa shape index (κ2) is 4.78. The van der Waals surface area contributed by atoms with Gasteiger partial charge in [-0.05, 0) is 6.42 Å². The van der Waals surface area contributed by atoms with E-state index in [2.05, 4.69) is 21.2 Å². The van der Waals surface area contributed by atoms with Crippen LogP contribution in [-0.4, -0.2) is 33.5 Å². The minimum absolute atomic E-state index is 0.261. The molecule has 5 nitrogen and oxygen atoms in total. The second-order valence-electron chi connectivity index (χ2n) is 4.11. The Morgan fingerprint density at radius 3 is 3.00 bits per heavy atom. The number of carbonyl (C=O) groups is 1. The van der Waals surface area contributed by atoms with Crippen molar-refractivity contribution in [2.45, 2.75) is 26.2 Å². The summed E-state index contributed by atoms with van der Waals surface area (Å²) in [6.45, 7) is 3.70. The van der Waals surface area contributed by atoms with E-state index in [4.69, 9.17) is 5.11 Å². The molecule has 88 valence electrons. The fourth-order valence-electron chi connectivity index (χ4n) is 1.80. The molecule has 0 spiro atoms. The average molecular weight is 241 g/mol. The van der Waals surface area contributed by atoms with E-state index >= 15 is 0 Å². The van der Waals surface area contributed by atoms with Gasteiger partial charge in [0.1, 0.15) is 5.82 Å². The van der Waals surface area contributed by atoms with Gasteiger partial charge in [-0.25, -0.2) is 4.98 Å². The predicted octanol–water partition coefficient (Wildman–Crippen LogP) is 1.40. The smallest absolute Gasteiger partial charge is 0.303 e. The first-order chi connectivity index (χ1) is 7.69. The van der Waals surface area contributed by atoms with Crippen LogP contribution in [0.5, 0.6) is 0 Å². The topological polar surface area (TPSA) is 66.3 Å². The first kappa shape index (κ1) is 11.3. The van der Waals surface area contributed by atoms with Crippen molar-refractivity contribution in [3.05, 3.63) is 5.82 Å². The monoisotopic (exact) mass is 241 g/mol. The Bertz CT molecular complexity index is 374. The molecule has 0 aliphatic carbocycles. The quantitative estimate of drug-likeness (QED) is 0.844. The van der Waals surface area contributed by atoms with Gasteiger partial charge in [-0.2, -0.15) is 4.37 Å². The number of aryl methyl sites for hydroxylation is 1. The van der Waals surface area contributed by atoms with Crippen molar-refractivity contribution in [3.63, 3.8) is 0 Å². The third-order valence-corrected chi connectivity index (χ3v) is 3.44. The van der Waals surface area contributed by atoms with Crippen LogP contribution in [0.25, 0.3) is 0 Å². The van der Waals surface area contributed by atoms with Gasteiger partial charge in [-0.15, -0.1) is 0 Å². The van der Waals surface area contributed by atoms with Crippen LogP contribution >= 0.6 is 11.5 Å². The summed E-state index contributed by atoms with van der Waals surface area (Å²) in [7, 11) is 0. The van der Waals surface area contributed by atoms with E-state index in [1.807, 2.05) is 0 Å². The van der Waals surface area contributed by atoms with Crippen molar-refractivity contribution in [1.82, 2.24) is 9.36 Å². The highest BCUT2D eigenvalue weighted by Gasteiger charge is 2.30. The first-order valence-electron chi connectivity index (χ1n) is 5.48. The van der Waals surface area contributed by atoms with Gasteiger partial charge in [0.25, 0.3) is 0 Å². The summed E-state index contributed by atoms with van der Waals surface area (Å²) in [5, 5.41) is 9.57. The molecule has 0 radical (unpaired) electrons. The number of aliphatic carboxylic acids is 1. The largest absolute Gasteiger partial charge is 0.481 e. The Balaban J connectivity index is 1.84. The molecular weight excluding hydrogens is 226 g/mol. The van der Waals surface area contributed by atoms with E-state index in [1.165, 1.54) is 11.5 Å². The molecular formula is C10H15N3O2S. The van der Waals surface area contributed by atoms with Crippen molar-refractivity contribution < 1.29 is 9.90 Å². The maximum absolute atomic E-state index is 10.5. The van der Waals surface area contributed by atoms with E-state index in [0.717, 1.165) is 36.9 Å². The molecule has 1 aromatic rings. The predicted molar refractivity (Wildman–Crippen MR) is 61.9 cm³/mol. The fourth-order valence-corrected chi connectivity index (χ4v) is 2.53. The summed E-state index contributed by atoms with van der Waals surface area (Å²) in [6.07, 6.45) is 2.23. The van der Waals surface area contributed by atoms with Crippen molar-refractivity contribution in [2.75, 3.05) is 18.0 Å². The molecule has 0 bridgehead atoms. The van der Waals surface area contributed by atoms with E-state index < -0.39 is 5.97 Å². The number of carboxylic acids is 1. The molecule has 1 fully saturated rings. The van der Waals surface area contributed by atoms with E-state index in [0.29, 0.717) is 0 Å². The van der Waals surface area contributed by atoms with Crippen LogP contribution in [0.1, 0.15) is 25.6 Å². The molecule has 1 saturated heterocycles. The standard InChI is InChI=1S/C10H15N3O2S/c1-2-3-8-11-10(16-12-8)13-5-7(6-13)4-9(14)15/h7H,2-6H2,1H3,(H,14,15). The van der Waals surface area contributed by atoms with Crippen LogP contribution in [0.2, 0.25) is 0 Å². The van der Waals surface area contributed by atoms with Crippen LogP contribution in [0.4, 0.5) is 5.13 Å². The number of hydrogen-bond acceptors (Lipinski definition) is 5. The summed E-state index contributed by atoms with van der Waals surface area (Å²) in [6, 6.07) is 0. The van der Waals surface area contributed by atoms with E-state index in [1.54, 1.807) is 0 Å². The van der Waals surface area contributed by atoms with Crippen LogP contribution in [0, 0.1) is 5.92 Å². The summed E-state index contributed by atoms with van der Waals surface area (Å²) < 4.78 is 4.27. The van der Waals surface area contributed by atoms with E-state index in [9.17, 15) is 4.79 Å². The molecule has 1 aliphatic heterocycles. The van der Waals surface area contributed by atoms with Crippen molar-refractivity contribution in [2.24, 2.45) is 5.92 Å². The fraction of sp³-hybridized carbons (Fsp3) is 0.700. The van der Waals surface area contributed by atoms with Crippen LogP contribution in [0.3, 0.4) is 0 Å². The van der Waals surface area contributed by atoms with Gasteiger partial charge < -0.3 is 10.0 Å². The summed E-state index contributed by atoms with van der Waals surface area (Å²) in [4.78, 5) is 17.0. The average Bonchev–Trinajstić information content (AvgIpc) is 2.59. The summed E-state index contributed by atoms with van der Waals surface area (Å²) >= 11 is 1.41. The third kappa shape index (κ3) is 2.49. The minimum Gasteiger partial charge on any atom is -0.481 e. The molecule has 0 unspecified atom stereocenters. The number of rotatable bonds is 5. The summed E-state index contributed by atoms with van der Waals surface area (Å²) in [5.41, 5.74) is 0. The number of aromatic nitrogens is 2. The third-order valence-electron chi connectivity index (χ3n) is 2.62. The van der Waals surface area contributed by atoms with Crippen molar-refractivity contribution >= 4 is 22.6 Å². The lowest BCUT2D eigenvalue weighted by molar-refractivity contribution is -0.138. The minimum atomic E-state index is -0.714. The lowest BCUT2D eigenvalue weighted by Gasteiger charge is -2.37. The van der Waals surface area contributed by atoms with Gasteiger partial charge in [0, 0.05) is 37.0 Å². The zero-order valence-corrected chi connectivity index (χ0v) is 10.0. The second-order valence-corrected chi connectivity index (χ2v) is 4.84. The van der Waals surface area contributed by atoms with Crippen LogP contribution in [-0.2, 0) is 11.2 Å². The molecule has 0 atom stereocenters. The molecule has 2 rings (SSSR count). The Kier molecular flexibility index (Phi) is 3.38. The molecule has 2 heterocycles. The molecule has 0 saturated carbocycles. The maximum atomic E-state index is 10.5. The van der Waals surface area contributed by atoms with Gasteiger partial charge in [-0.1, -0.05) is 6.92 Å². The van der Waals surface area contributed by atoms with Gasteiger partial charge >= 0.3 is 5.97 Å². The molecule has 6 heteroatoms. The molecule has 0 amide bonds. The number of hydrogen-bond donors (Lipinski definition) is 1. The number of nitrogens with zero attached hydrogens (tertiary/aromatic N) is 3. The molecule has 1 N–H and O–H groups in total. The highest BCUT2D eigenvalue weighted by Crippen LogP contribution is 2.27. The molecule has 1 aliphatic rings. The highest BCUT2D eigenvalue weighted by molar-refractivity contribution is 7.09.